The van der Waals surface area contributed by atoms with Gasteiger partial charge >= 0.3 is 0 Å². The Kier molecular flexibility index (Phi) is 8.96. The number of nitrogens with zero attached hydrogens (tertiary/aromatic N) is 2. The molecule has 0 aliphatic heterocycles. The number of guanidine groups is 1. The summed E-state index contributed by atoms with van der Waals surface area (Å²) in [5, 5.41) is 6.21. The minimum Gasteiger partial charge on any atom is -0.494 e. The average molecular weight is 363 g/mol. The normalized spacial score (nSPS) is 11.8. The first-order valence-corrected chi connectivity index (χ1v) is 9.27. The summed E-state index contributed by atoms with van der Waals surface area (Å²) in [5.41, 5.74) is 0.807. The summed E-state index contributed by atoms with van der Waals surface area (Å²) < 4.78 is 5.48. The van der Waals surface area contributed by atoms with Crippen LogP contribution in [0.2, 0.25) is 0 Å². The van der Waals surface area contributed by atoms with Crippen molar-refractivity contribution >= 4 is 11.9 Å². The highest BCUT2D eigenvalue weighted by molar-refractivity contribution is 5.81. The highest BCUT2D eigenvalue weighted by Crippen LogP contribution is 2.13. The van der Waals surface area contributed by atoms with E-state index in [9.17, 15) is 4.79 Å². The second-order valence-electron chi connectivity index (χ2n) is 7.17. The van der Waals surface area contributed by atoms with Gasteiger partial charge in [-0.25, -0.2) is 0 Å². The standard InChI is InChI=1S/C20H34N4O2/c1-7-21-19(23-14-13-22-18(25)20(3,4)5)24(6)15-16-9-11-17(12-10-16)26-8-2/h9-12H,7-8,13-15H2,1-6H3,(H,21,23)(H,22,25). The van der Waals surface area contributed by atoms with Crippen LogP contribution in [-0.4, -0.2) is 50.1 Å². The van der Waals surface area contributed by atoms with Gasteiger partial charge in [-0.2, -0.15) is 0 Å². The number of hydrogen-bond acceptors (Lipinski definition) is 3. The molecule has 0 saturated carbocycles. The van der Waals surface area contributed by atoms with Crippen LogP contribution in [0.4, 0.5) is 0 Å². The van der Waals surface area contributed by atoms with Crippen LogP contribution in [0.3, 0.4) is 0 Å². The Balaban J connectivity index is 2.59. The van der Waals surface area contributed by atoms with Gasteiger partial charge in [0.1, 0.15) is 5.75 Å². The van der Waals surface area contributed by atoms with Gasteiger partial charge in [0.15, 0.2) is 5.96 Å². The van der Waals surface area contributed by atoms with Crippen molar-refractivity contribution in [3.63, 3.8) is 0 Å². The maximum Gasteiger partial charge on any atom is 0.225 e. The second-order valence-corrected chi connectivity index (χ2v) is 7.17. The van der Waals surface area contributed by atoms with Crippen molar-refractivity contribution in [2.75, 3.05) is 33.3 Å². The Labute approximate surface area is 158 Å². The quantitative estimate of drug-likeness (QED) is 0.424. The van der Waals surface area contributed by atoms with E-state index in [1.54, 1.807) is 0 Å². The largest absolute Gasteiger partial charge is 0.494 e. The van der Waals surface area contributed by atoms with E-state index in [2.05, 4.69) is 32.7 Å². The number of rotatable bonds is 8. The molecule has 2 N–H and O–H groups in total. The average Bonchev–Trinajstić information content (AvgIpc) is 2.58. The first-order chi connectivity index (χ1) is 12.3. The van der Waals surface area contributed by atoms with Crippen LogP contribution in [0.15, 0.2) is 29.3 Å². The summed E-state index contributed by atoms with van der Waals surface area (Å²) in [4.78, 5) is 18.6. The maximum absolute atomic E-state index is 11.9. The van der Waals surface area contributed by atoms with Gasteiger partial charge in [0.05, 0.1) is 13.2 Å². The van der Waals surface area contributed by atoms with Crippen molar-refractivity contribution in [2.24, 2.45) is 10.4 Å². The number of benzene rings is 1. The predicted molar refractivity (Wildman–Crippen MR) is 108 cm³/mol. The van der Waals surface area contributed by atoms with Crippen LogP contribution in [0.1, 0.15) is 40.2 Å². The van der Waals surface area contributed by atoms with E-state index < -0.39 is 0 Å². The molecule has 0 saturated heterocycles. The van der Waals surface area contributed by atoms with Crippen molar-refractivity contribution in [1.29, 1.82) is 0 Å². The molecule has 1 aromatic rings. The molecule has 6 heteroatoms. The van der Waals surface area contributed by atoms with E-state index in [-0.39, 0.29) is 11.3 Å². The number of amides is 1. The molecule has 1 rings (SSSR count). The Morgan fingerprint density at radius 3 is 2.35 bits per heavy atom. The fourth-order valence-corrected chi connectivity index (χ4v) is 2.27. The maximum atomic E-state index is 11.9. The smallest absolute Gasteiger partial charge is 0.225 e. The van der Waals surface area contributed by atoms with Crippen LogP contribution in [-0.2, 0) is 11.3 Å². The summed E-state index contributed by atoms with van der Waals surface area (Å²) >= 11 is 0. The molecule has 1 amide bonds. The third-order valence-corrected chi connectivity index (χ3v) is 3.69. The van der Waals surface area contributed by atoms with Gasteiger partial charge in [-0.15, -0.1) is 0 Å². The first-order valence-electron chi connectivity index (χ1n) is 9.27. The Morgan fingerprint density at radius 2 is 1.81 bits per heavy atom. The molecule has 6 nitrogen and oxygen atoms in total. The lowest BCUT2D eigenvalue weighted by molar-refractivity contribution is -0.128. The first kappa shape index (κ1) is 21.8. The summed E-state index contributed by atoms with van der Waals surface area (Å²) in [6.45, 7) is 13.0. The molecule has 0 fully saturated rings. The highest BCUT2D eigenvalue weighted by Gasteiger charge is 2.20. The zero-order valence-electron chi connectivity index (χ0n) is 17.1. The molecule has 0 heterocycles. The number of carbonyl (C=O) groups excluding carboxylic acids is 1. The van der Waals surface area contributed by atoms with Crippen LogP contribution in [0.25, 0.3) is 0 Å². The van der Waals surface area contributed by atoms with Crippen molar-refractivity contribution in [1.82, 2.24) is 15.5 Å². The minimum absolute atomic E-state index is 0.0421. The highest BCUT2D eigenvalue weighted by atomic mass is 16.5. The molecule has 1 aromatic carbocycles. The molecular formula is C20H34N4O2. The van der Waals surface area contributed by atoms with Gasteiger partial charge in [0.2, 0.25) is 5.91 Å². The number of hydrogen-bond donors (Lipinski definition) is 2. The topological polar surface area (TPSA) is 66.0 Å². The predicted octanol–water partition coefficient (Wildman–Crippen LogP) is 2.64. The van der Waals surface area contributed by atoms with Crippen LogP contribution < -0.4 is 15.4 Å². The lowest BCUT2D eigenvalue weighted by atomic mass is 9.96. The van der Waals surface area contributed by atoms with Crippen LogP contribution >= 0.6 is 0 Å². The molecule has 0 atom stereocenters. The molecule has 26 heavy (non-hydrogen) atoms. The van der Waals surface area contributed by atoms with E-state index in [0.717, 1.165) is 24.8 Å². The van der Waals surface area contributed by atoms with E-state index in [4.69, 9.17) is 4.74 Å². The molecule has 0 unspecified atom stereocenters. The molecule has 146 valence electrons. The molecule has 0 radical (unpaired) electrons. The summed E-state index contributed by atoms with van der Waals surface area (Å²) in [7, 11) is 2.01. The summed E-state index contributed by atoms with van der Waals surface area (Å²) in [6, 6.07) is 8.10. The molecule has 0 aliphatic carbocycles. The monoisotopic (exact) mass is 362 g/mol. The summed E-state index contributed by atoms with van der Waals surface area (Å²) in [6.07, 6.45) is 0. The fraction of sp³-hybridized carbons (Fsp3) is 0.600. The fourth-order valence-electron chi connectivity index (χ4n) is 2.27. The Bertz CT molecular complexity index is 576. The molecule has 0 spiro atoms. The third kappa shape index (κ3) is 7.76. The van der Waals surface area contributed by atoms with E-state index >= 15 is 0 Å². The van der Waals surface area contributed by atoms with Crippen molar-refractivity contribution in [3.8, 4) is 5.75 Å². The SMILES string of the molecule is CCNC(=NCCNC(=O)C(C)(C)C)N(C)Cc1ccc(OCC)cc1. The van der Waals surface area contributed by atoms with E-state index in [0.29, 0.717) is 19.7 Å². The van der Waals surface area contributed by atoms with Crippen molar-refractivity contribution < 1.29 is 9.53 Å². The summed E-state index contributed by atoms with van der Waals surface area (Å²) in [5.74, 6) is 1.75. The van der Waals surface area contributed by atoms with Gasteiger partial charge in [-0.05, 0) is 31.5 Å². The van der Waals surface area contributed by atoms with Crippen LogP contribution in [0, 0.1) is 5.41 Å². The zero-order valence-corrected chi connectivity index (χ0v) is 17.1. The number of ether oxygens (including phenoxy) is 1. The number of nitrogens with one attached hydrogen (secondary N) is 2. The van der Waals surface area contributed by atoms with Gasteiger partial charge < -0.3 is 20.3 Å². The Hall–Kier alpha value is -2.24. The van der Waals surface area contributed by atoms with Crippen molar-refractivity contribution in [2.45, 2.75) is 41.2 Å². The second kappa shape index (κ2) is 10.7. The lowest BCUT2D eigenvalue weighted by Crippen LogP contribution is -2.40. The van der Waals surface area contributed by atoms with Gasteiger partial charge in [-0.1, -0.05) is 32.9 Å². The number of carbonyl (C=O) groups is 1. The van der Waals surface area contributed by atoms with E-state index in [1.165, 1.54) is 5.56 Å². The zero-order chi connectivity index (χ0) is 19.6. The third-order valence-electron chi connectivity index (χ3n) is 3.69. The van der Waals surface area contributed by atoms with Crippen LogP contribution in [0.5, 0.6) is 5.75 Å². The molecule has 0 aliphatic rings. The molecule has 0 bridgehead atoms. The van der Waals surface area contributed by atoms with E-state index in [1.807, 2.05) is 53.8 Å². The minimum atomic E-state index is -0.376. The van der Waals surface area contributed by atoms with Gasteiger partial charge in [-0.3, -0.25) is 9.79 Å². The lowest BCUT2D eigenvalue weighted by Gasteiger charge is -2.22. The van der Waals surface area contributed by atoms with Crippen molar-refractivity contribution in [3.05, 3.63) is 29.8 Å². The number of aliphatic imine (C=N–C) groups is 1. The van der Waals surface area contributed by atoms with Gasteiger partial charge in [0.25, 0.3) is 0 Å². The molecular weight excluding hydrogens is 328 g/mol. The molecule has 0 aromatic heterocycles. The Morgan fingerprint density at radius 1 is 1.15 bits per heavy atom. The van der Waals surface area contributed by atoms with Gasteiger partial charge in [0, 0.05) is 32.1 Å².